The quantitative estimate of drug-likeness (QED) is 0.573. The largest absolute Gasteiger partial charge is 0.454 e. The van der Waals surface area contributed by atoms with Crippen molar-refractivity contribution in [1.29, 1.82) is 0 Å². The molecular formula is C20H15Cl2N3O4S. The number of fused-ring (bicyclic) bond motifs is 1. The van der Waals surface area contributed by atoms with Crippen molar-refractivity contribution in [3.8, 4) is 11.5 Å². The van der Waals surface area contributed by atoms with Gasteiger partial charge in [0.1, 0.15) is 0 Å². The lowest BCUT2D eigenvalue weighted by Gasteiger charge is -2.06. The first-order chi connectivity index (χ1) is 14.5. The van der Waals surface area contributed by atoms with Crippen LogP contribution in [0.1, 0.15) is 20.8 Å². The van der Waals surface area contributed by atoms with Gasteiger partial charge in [-0.05, 0) is 42.0 Å². The van der Waals surface area contributed by atoms with Crippen LogP contribution in [0.15, 0.2) is 42.6 Å². The zero-order valence-electron chi connectivity index (χ0n) is 15.4. The Hall–Kier alpha value is -2.81. The number of amides is 2. The van der Waals surface area contributed by atoms with E-state index in [0.29, 0.717) is 38.7 Å². The fraction of sp³-hybridized carbons (Fsp3) is 0.150. The fourth-order valence-electron chi connectivity index (χ4n) is 2.78. The smallest absolute Gasteiger partial charge is 0.251 e. The second kappa shape index (κ2) is 8.91. The number of carbonyl (C=O) groups is 2. The van der Waals surface area contributed by atoms with E-state index in [1.54, 1.807) is 42.6 Å². The Balaban J connectivity index is 1.30. The summed E-state index contributed by atoms with van der Waals surface area (Å²) in [6, 6.07) is 10.1. The van der Waals surface area contributed by atoms with Crippen molar-refractivity contribution in [2.75, 3.05) is 18.7 Å². The highest BCUT2D eigenvalue weighted by molar-refractivity contribution is 7.15. The first-order valence-corrected chi connectivity index (χ1v) is 10.4. The van der Waals surface area contributed by atoms with Gasteiger partial charge in [-0.25, -0.2) is 4.98 Å². The molecule has 0 spiro atoms. The van der Waals surface area contributed by atoms with Gasteiger partial charge in [0.25, 0.3) is 5.91 Å². The number of anilines is 1. The molecule has 10 heteroatoms. The van der Waals surface area contributed by atoms with Gasteiger partial charge in [0.15, 0.2) is 16.6 Å². The molecule has 4 rings (SSSR count). The number of halogens is 2. The molecule has 0 fully saturated rings. The zero-order chi connectivity index (χ0) is 21.1. The number of carbonyl (C=O) groups excluding carboxylic acids is 2. The summed E-state index contributed by atoms with van der Waals surface area (Å²) >= 11 is 13.5. The standard InChI is InChI=1S/C20H15Cl2N3O4S/c21-13-2-3-15(22)12(5-13)6-14-8-24-20(30-14)25-18(26)9-23-19(27)11-1-4-16-17(7-11)29-10-28-16/h1-5,7-8H,6,9-10H2,(H,23,27)(H,24,25,26). The Kier molecular flexibility index (Phi) is 6.08. The molecular weight excluding hydrogens is 449 g/mol. The number of nitrogens with zero attached hydrogens (tertiary/aromatic N) is 1. The van der Waals surface area contributed by atoms with Crippen molar-refractivity contribution < 1.29 is 19.1 Å². The van der Waals surface area contributed by atoms with Gasteiger partial charge in [-0.15, -0.1) is 11.3 Å². The third-order valence-corrected chi connectivity index (χ3v) is 5.73. The number of ether oxygens (including phenoxy) is 2. The summed E-state index contributed by atoms with van der Waals surface area (Å²) in [7, 11) is 0. The molecule has 30 heavy (non-hydrogen) atoms. The first-order valence-electron chi connectivity index (χ1n) is 8.84. The Bertz CT molecular complexity index is 1120. The van der Waals surface area contributed by atoms with Crippen LogP contribution < -0.4 is 20.1 Å². The molecule has 0 bridgehead atoms. The van der Waals surface area contributed by atoms with E-state index in [9.17, 15) is 9.59 Å². The van der Waals surface area contributed by atoms with Crippen LogP contribution in [0.25, 0.3) is 0 Å². The summed E-state index contributed by atoms with van der Waals surface area (Å²) in [5.41, 5.74) is 1.25. The van der Waals surface area contributed by atoms with Gasteiger partial charge in [-0.2, -0.15) is 0 Å². The molecule has 3 aromatic rings. The minimum absolute atomic E-state index is 0.127. The maximum atomic E-state index is 12.2. The van der Waals surface area contributed by atoms with E-state index in [0.717, 1.165) is 10.4 Å². The second-order valence-electron chi connectivity index (χ2n) is 6.34. The van der Waals surface area contributed by atoms with E-state index < -0.39 is 0 Å². The van der Waals surface area contributed by atoms with Gasteiger partial charge in [-0.1, -0.05) is 23.2 Å². The number of rotatable bonds is 6. The summed E-state index contributed by atoms with van der Waals surface area (Å²) in [6.07, 6.45) is 2.22. The van der Waals surface area contributed by atoms with Crippen molar-refractivity contribution in [2.45, 2.75) is 6.42 Å². The predicted molar refractivity (Wildman–Crippen MR) is 115 cm³/mol. The molecule has 2 N–H and O–H groups in total. The molecule has 1 aliphatic heterocycles. The number of benzene rings is 2. The minimum Gasteiger partial charge on any atom is -0.454 e. The van der Waals surface area contributed by atoms with Gasteiger partial charge in [0, 0.05) is 33.1 Å². The van der Waals surface area contributed by atoms with Crippen LogP contribution in [0.2, 0.25) is 10.0 Å². The van der Waals surface area contributed by atoms with Crippen molar-refractivity contribution in [3.63, 3.8) is 0 Å². The van der Waals surface area contributed by atoms with Gasteiger partial charge in [0.05, 0.1) is 6.54 Å². The SMILES string of the molecule is O=C(CNC(=O)c1ccc2c(c1)OCO2)Nc1ncc(Cc2cc(Cl)ccc2Cl)s1. The van der Waals surface area contributed by atoms with E-state index in [-0.39, 0.29) is 25.2 Å². The van der Waals surface area contributed by atoms with Gasteiger partial charge >= 0.3 is 0 Å². The molecule has 2 aromatic carbocycles. The molecule has 2 amide bonds. The van der Waals surface area contributed by atoms with Gasteiger partial charge < -0.3 is 20.1 Å². The van der Waals surface area contributed by atoms with Crippen molar-refractivity contribution >= 4 is 51.5 Å². The monoisotopic (exact) mass is 463 g/mol. The van der Waals surface area contributed by atoms with Crippen molar-refractivity contribution in [1.82, 2.24) is 10.3 Å². The summed E-state index contributed by atoms with van der Waals surface area (Å²) in [5, 5.41) is 6.89. The zero-order valence-corrected chi connectivity index (χ0v) is 17.7. The lowest BCUT2D eigenvalue weighted by atomic mass is 10.1. The number of hydrogen-bond donors (Lipinski definition) is 2. The maximum absolute atomic E-state index is 12.2. The normalized spacial score (nSPS) is 11.9. The number of nitrogens with one attached hydrogen (secondary N) is 2. The molecule has 0 radical (unpaired) electrons. The number of aromatic nitrogens is 1. The highest BCUT2D eigenvalue weighted by Crippen LogP contribution is 2.32. The topological polar surface area (TPSA) is 89.6 Å². The summed E-state index contributed by atoms with van der Waals surface area (Å²) in [5.74, 6) is 0.315. The van der Waals surface area contributed by atoms with E-state index >= 15 is 0 Å². The Morgan fingerprint density at radius 2 is 1.93 bits per heavy atom. The van der Waals surface area contributed by atoms with Crippen LogP contribution >= 0.6 is 34.5 Å². The molecule has 1 aliphatic rings. The second-order valence-corrected chi connectivity index (χ2v) is 8.30. The first kappa shape index (κ1) is 20.5. The highest BCUT2D eigenvalue weighted by Gasteiger charge is 2.17. The highest BCUT2D eigenvalue weighted by atomic mass is 35.5. The Morgan fingerprint density at radius 3 is 2.80 bits per heavy atom. The van der Waals surface area contributed by atoms with E-state index in [1.165, 1.54) is 11.3 Å². The van der Waals surface area contributed by atoms with Crippen LogP contribution in [0.3, 0.4) is 0 Å². The molecule has 1 aromatic heterocycles. The van der Waals surface area contributed by atoms with E-state index in [1.807, 2.05) is 0 Å². The molecule has 0 atom stereocenters. The predicted octanol–water partition coefficient (Wildman–Crippen LogP) is 4.14. The average Bonchev–Trinajstić information content (AvgIpc) is 3.37. The molecule has 0 aliphatic carbocycles. The van der Waals surface area contributed by atoms with Crippen LogP contribution in [0.4, 0.5) is 5.13 Å². The molecule has 7 nitrogen and oxygen atoms in total. The third kappa shape index (κ3) is 4.84. The lowest BCUT2D eigenvalue weighted by Crippen LogP contribution is -2.32. The fourth-order valence-corrected chi connectivity index (χ4v) is 4.01. The van der Waals surface area contributed by atoms with Gasteiger partial charge in [-0.3, -0.25) is 9.59 Å². The lowest BCUT2D eigenvalue weighted by molar-refractivity contribution is -0.115. The number of thiazole rings is 1. The van der Waals surface area contributed by atoms with Crippen LogP contribution in [0, 0.1) is 0 Å². The molecule has 2 heterocycles. The third-order valence-electron chi connectivity index (χ3n) is 4.22. The molecule has 0 unspecified atom stereocenters. The Labute approximate surface area is 185 Å². The maximum Gasteiger partial charge on any atom is 0.251 e. The van der Waals surface area contributed by atoms with Crippen LogP contribution in [0.5, 0.6) is 11.5 Å². The molecule has 0 saturated heterocycles. The molecule has 154 valence electrons. The van der Waals surface area contributed by atoms with Crippen LogP contribution in [-0.2, 0) is 11.2 Å². The summed E-state index contributed by atoms with van der Waals surface area (Å²) in [6.45, 7) is -0.0650. The van der Waals surface area contributed by atoms with Gasteiger partial charge in [0.2, 0.25) is 12.7 Å². The summed E-state index contributed by atoms with van der Waals surface area (Å²) < 4.78 is 10.5. The minimum atomic E-state index is -0.390. The van der Waals surface area contributed by atoms with E-state index in [2.05, 4.69) is 15.6 Å². The Morgan fingerprint density at radius 1 is 1.10 bits per heavy atom. The summed E-state index contributed by atoms with van der Waals surface area (Å²) in [4.78, 5) is 29.5. The average molecular weight is 464 g/mol. The van der Waals surface area contributed by atoms with E-state index in [4.69, 9.17) is 32.7 Å². The number of hydrogen-bond acceptors (Lipinski definition) is 6. The van der Waals surface area contributed by atoms with Crippen molar-refractivity contribution in [3.05, 3.63) is 68.6 Å². The molecule has 0 saturated carbocycles. The van der Waals surface area contributed by atoms with Crippen LogP contribution in [-0.4, -0.2) is 30.1 Å². The van der Waals surface area contributed by atoms with Crippen molar-refractivity contribution in [2.24, 2.45) is 0 Å².